The minimum atomic E-state index is -4.55. The Morgan fingerprint density at radius 3 is 2.21 bits per heavy atom. The largest absolute Gasteiger partial charge is 0.619 e. The molecule has 0 radical (unpaired) electrons. The summed E-state index contributed by atoms with van der Waals surface area (Å²) in [6, 6.07) is 20.3. The van der Waals surface area contributed by atoms with E-state index in [1.54, 1.807) is 4.90 Å². The predicted molar refractivity (Wildman–Crippen MR) is 190 cm³/mol. The van der Waals surface area contributed by atoms with Crippen LogP contribution in [0.5, 0.6) is 11.8 Å². The molecule has 52 heavy (non-hydrogen) atoms. The van der Waals surface area contributed by atoms with E-state index in [1.807, 2.05) is 36.4 Å². The van der Waals surface area contributed by atoms with Crippen molar-refractivity contribution in [3.05, 3.63) is 113 Å². The summed E-state index contributed by atoms with van der Waals surface area (Å²) in [5, 5.41) is 12.0. The van der Waals surface area contributed by atoms with Crippen molar-refractivity contribution in [2.45, 2.75) is 49.5 Å². The van der Waals surface area contributed by atoms with Gasteiger partial charge >= 0.3 is 6.18 Å². The maximum absolute atomic E-state index is 13.6. The van der Waals surface area contributed by atoms with Crippen molar-refractivity contribution >= 4 is 30.7 Å². The van der Waals surface area contributed by atoms with Crippen LogP contribution < -0.4 is 14.2 Å². The monoisotopic (exact) mass is 761 g/mol. The Labute approximate surface area is 312 Å². The quantitative estimate of drug-likeness (QED) is 0.163. The highest BCUT2D eigenvalue weighted by atomic mass is 35.5. The van der Waals surface area contributed by atoms with E-state index in [-0.39, 0.29) is 78.6 Å². The van der Waals surface area contributed by atoms with Crippen LogP contribution in [0.25, 0.3) is 0 Å². The van der Waals surface area contributed by atoms with Gasteiger partial charge in [-0.1, -0.05) is 60.7 Å². The van der Waals surface area contributed by atoms with E-state index in [0.717, 1.165) is 24.0 Å². The number of fused-ring (bicyclic) bond motifs is 1. The first-order chi connectivity index (χ1) is 24.2. The van der Waals surface area contributed by atoms with Crippen LogP contribution in [-0.4, -0.2) is 100 Å². The van der Waals surface area contributed by atoms with Gasteiger partial charge in [0, 0.05) is 63.2 Å². The van der Waals surface area contributed by atoms with Gasteiger partial charge in [-0.05, 0) is 24.0 Å². The van der Waals surface area contributed by atoms with Crippen molar-refractivity contribution in [3.8, 4) is 11.8 Å². The summed E-state index contributed by atoms with van der Waals surface area (Å²) in [6.07, 6.45) is 0.868. The molecule has 0 spiro atoms. The summed E-state index contributed by atoms with van der Waals surface area (Å²) in [7, 11) is 1.45. The van der Waals surface area contributed by atoms with E-state index in [1.165, 1.54) is 25.7 Å². The highest BCUT2D eigenvalue weighted by molar-refractivity contribution is 5.91. The lowest BCUT2D eigenvalue weighted by atomic mass is 9.81. The Morgan fingerprint density at radius 2 is 1.62 bits per heavy atom. The topological polar surface area (TPSA) is 111 Å². The van der Waals surface area contributed by atoms with Crippen molar-refractivity contribution in [2.75, 3.05) is 46.4 Å². The van der Waals surface area contributed by atoms with E-state index in [0.29, 0.717) is 48.8 Å². The number of halogens is 5. The van der Waals surface area contributed by atoms with Crippen molar-refractivity contribution in [1.82, 2.24) is 29.7 Å². The Hall–Kier alpha value is -4.24. The van der Waals surface area contributed by atoms with Crippen LogP contribution in [0.3, 0.4) is 0 Å². The lowest BCUT2D eigenvalue weighted by Gasteiger charge is -2.53. The molecule has 2 saturated heterocycles. The summed E-state index contributed by atoms with van der Waals surface area (Å²) in [6.45, 7) is 1.12. The standard InChI is InChI=1S/C36H38F3N7O4.2ClH/c1-49-33-28(34(50-23-36(37,38)39)42-32(41-33)26-12-13-26)20-43-18-27-19-44(35(47)29-21-45(48)15-14-40-29)16-17-46(27)30(22-43)31(24-8-4-2-5-9-24)25-10-6-3-7-11-25;;/h2-11,14-15,21,26-27,30-31H,12-13,16-20,22-23H2,1H3;2*1H/t27-,30+;;/m1../s1. The van der Waals surface area contributed by atoms with Crippen LogP contribution >= 0.6 is 24.8 Å². The molecule has 1 amide bonds. The third-order valence-electron chi connectivity index (χ3n) is 9.59. The second-order valence-electron chi connectivity index (χ2n) is 13.1. The second-order valence-corrected chi connectivity index (χ2v) is 13.1. The number of benzene rings is 2. The van der Waals surface area contributed by atoms with Gasteiger partial charge in [-0.2, -0.15) is 27.9 Å². The van der Waals surface area contributed by atoms with Crippen LogP contribution in [0.1, 0.15) is 57.7 Å². The molecule has 0 unspecified atom stereocenters. The number of methoxy groups -OCH3 is 1. The molecule has 1 aliphatic carbocycles. The molecule has 11 nitrogen and oxygen atoms in total. The number of carbonyl (C=O) groups is 1. The highest BCUT2D eigenvalue weighted by Crippen LogP contribution is 2.42. The van der Waals surface area contributed by atoms with Gasteiger partial charge in [0.25, 0.3) is 5.91 Å². The van der Waals surface area contributed by atoms with Gasteiger partial charge in [0.2, 0.25) is 18.0 Å². The van der Waals surface area contributed by atoms with Gasteiger partial charge in [-0.25, -0.2) is 4.98 Å². The van der Waals surface area contributed by atoms with E-state index < -0.39 is 12.8 Å². The predicted octanol–water partition coefficient (Wildman–Crippen LogP) is 5.02. The molecule has 2 aromatic carbocycles. The fourth-order valence-electron chi connectivity index (χ4n) is 7.21. The molecule has 4 heterocycles. The average Bonchev–Trinajstić information content (AvgIpc) is 3.97. The molecule has 2 aromatic heterocycles. The van der Waals surface area contributed by atoms with Crippen molar-refractivity contribution in [3.63, 3.8) is 0 Å². The van der Waals surface area contributed by atoms with Gasteiger partial charge < -0.3 is 19.6 Å². The Kier molecular flexibility index (Phi) is 12.5. The summed E-state index contributed by atoms with van der Waals surface area (Å²) in [4.78, 5) is 33.1. The number of amides is 1. The number of rotatable bonds is 10. The molecular formula is C36H40Cl2F3N7O4. The number of piperazine rings is 2. The van der Waals surface area contributed by atoms with Crippen molar-refractivity contribution in [2.24, 2.45) is 0 Å². The third-order valence-corrected chi connectivity index (χ3v) is 9.59. The number of alkyl halides is 3. The summed E-state index contributed by atoms with van der Waals surface area (Å²) in [5.74, 6) is 0.171. The molecule has 4 aromatic rings. The molecule has 3 aliphatic rings. The zero-order chi connectivity index (χ0) is 34.8. The second kappa shape index (κ2) is 16.6. The zero-order valence-corrected chi connectivity index (χ0v) is 30.0. The number of aromatic nitrogens is 4. The third kappa shape index (κ3) is 8.85. The van der Waals surface area contributed by atoms with Gasteiger partial charge in [-0.3, -0.25) is 14.6 Å². The smallest absolute Gasteiger partial charge is 0.422 e. The molecule has 0 bridgehead atoms. The lowest BCUT2D eigenvalue weighted by molar-refractivity contribution is -0.606. The maximum atomic E-state index is 13.6. The molecule has 0 N–H and O–H groups in total. The SMILES string of the molecule is COc1nc(C2CC2)nc(OCC(F)(F)F)c1CN1C[C@@H]2CN(C(=O)c3c[n+]([O-])ccn3)CCN2[C@H](C(c2ccccc2)c2ccccc2)C1.Cl.Cl. The Balaban J connectivity index is 0.00000261. The van der Waals surface area contributed by atoms with Gasteiger partial charge in [0.15, 0.2) is 18.5 Å². The minimum Gasteiger partial charge on any atom is -0.619 e. The summed E-state index contributed by atoms with van der Waals surface area (Å²) >= 11 is 0. The first-order valence-corrected chi connectivity index (χ1v) is 16.7. The van der Waals surface area contributed by atoms with Crippen LogP contribution in [0, 0.1) is 5.21 Å². The van der Waals surface area contributed by atoms with E-state index >= 15 is 0 Å². The van der Waals surface area contributed by atoms with E-state index in [9.17, 15) is 23.2 Å². The minimum absolute atomic E-state index is 0. The zero-order valence-electron chi connectivity index (χ0n) is 28.4. The molecule has 2 atom stereocenters. The lowest BCUT2D eigenvalue weighted by Crippen LogP contribution is -2.67. The average molecular weight is 763 g/mol. The number of hydrogen-bond acceptors (Lipinski definition) is 9. The molecule has 3 fully saturated rings. The first kappa shape index (κ1) is 39.0. The molecule has 278 valence electrons. The van der Waals surface area contributed by atoms with Gasteiger partial charge in [0.1, 0.15) is 5.82 Å². The van der Waals surface area contributed by atoms with Crippen molar-refractivity contribution < 1.29 is 32.2 Å². The number of nitrogens with zero attached hydrogens (tertiary/aromatic N) is 7. The summed E-state index contributed by atoms with van der Waals surface area (Å²) in [5.41, 5.74) is 2.66. The van der Waals surface area contributed by atoms with Crippen LogP contribution in [0.4, 0.5) is 13.2 Å². The number of ether oxygens (including phenoxy) is 2. The van der Waals surface area contributed by atoms with Crippen LogP contribution in [-0.2, 0) is 6.54 Å². The molecular weight excluding hydrogens is 722 g/mol. The summed E-state index contributed by atoms with van der Waals surface area (Å²) < 4.78 is 51.8. The Morgan fingerprint density at radius 1 is 0.962 bits per heavy atom. The number of carbonyl (C=O) groups excluding carboxylic acids is 1. The van der Waals surface area contributed by atoms with Gasteiger partial charge in [-0.15, -0.1) is 24.8 Å². The van der Waals surface area contributed by atoms with E-state index in [4.69, 9.17) is 9.47 Å². The number of hydrogen-bond donors (Lipinski definition) is 0. The van der Waals surface area contributed by atoms with Gasteiger partial charge in [0.05, 0.1) is 18.9 Å². The molecule has 16 heteroatoms. The highest BCUT2D eigenvalue weighted by Gasteiger charge is 2.44. The molecule has 1 saturated carbocycles. The molecule has 2 aliphatic heterocycles. The van der Waals surface area contributed by atoms with Crippen LogP contribution in [0.15, 0.2) is 79.3 Å². The first-order valence-electron chi connectivity index (χ1n) is 16.7. The fourth-order valence-corrected chi connectivity index (χ4v) is 7.21. The normalized spacial score (nSPS) is 19.3. The maximum Gasteiger partial charge on any atom is 0.422 e. The van der Waals surface area contributed by atoms with Crippen molar-refractivity contribution in [1.29, 1.82) is 0 Å². The Bertz CT molecular complexity index is 1770. The fraction of sp³-hybridized carbons (Fsp3) is 0.417. The van der Waals surface area contributed by atoms with Crippen LogP contribution in [0.2, 0.25) is 0 Å². The van der Waals surface area contributed by atoms with E-state index in [2.05, 4.69) is 49.0 Å². The molecule has 7 rings (SSSR count).